The Kier molecular flexibility index (Phi) is 3.97. The summed E-state index contributed by atoms with van der Waals surface area (Å²) in [5, 5.41) is 8.12. The molecule has 0 saturated carbocycles. The van der Waals surface area contributed by atoms with E-state index < -0.39 is 0 Å². The second-order valence-corrected chi connectivity index (χ2v) is 1.77. The Bertz CT molecular complexity index is 117. The van der Waals surface area contributed by atoms with Gasteiger partial charge in [-0.15, -0.1) is 0 Å². The summed E-state index contributed by atoms with van der Waals surface area (Å²) < 4.78 is 0. The van der Waals surface area contributed by atoms with Crippen molar-refractivity contribution in [1.29, 1.82) is 5.26 Å². The zero-order chi connectivity index (χ0) is 6.41. The highest BCUT2D eigenvalue weighted by Gasteiger charge is 1.79. The van der Waals surface area contributed by atoms with Gasteiger partial charge in [-0.2, -0.15) is 5.26 Å². The van der Waals surface area contributed by atoms with E-state index in [0.717, 1.165) is 6.42 Å². The maximum atomic E-state index is 8.12. The van der Waals surface area contributed by atoms with Crippen molar-refractivity contribution in [2.45, 2.75) is 26.7 Å². The van der Waals surface area contributed by atoms with Gasteiger partial charge in [-0.1, -0.05) is 18.6 Å². The average Bonchev–Trinajstić information content (AvgIpc) is 1.83. The highest BCUT2D eigenvalue weighted by atomic mass is 14.2. The number of hydrogen-bond donors (Lipinski definition) is 0. The van der Waals surface area contributed by atoms with Crippen LogP contribution in [0.2, 0.25) is 0 Å². The zero-order valence-electron chi connectivity index (χ0n) is 5.44. The Morgan fingerprint density at radius 1 is 1.75 bits per heavy atom. The molecule has 0 radical (unpaired) electrons. The van der Waals surface area contributed by atoms with E-state index in [1.54, 1.807) is 0 Å². The monoisotopic (exact) mass is 109 g/mol. The van der Waals surface area contributed by atoms with Crippen LogP contribution in [0.15, 0.2) is 11.6 Å². The lowest BCUT2D eigenvalue weighted by Crippen LogP contribution is -1.68. The van der Waals surface area contributed by atoms with Crippen LogP contribution in [0, 0.1) is 11.3 Å². The summed E-state index contributed by atoms with van der Waals surface area (Å²) in [6.07, 6.45) is 3.57. The van der Waals surface area contributed by atoms with E-state index >= 15 is 0 Å². The van der Waals surface area contributed by atoms with Crippen LogP contribution in [0.25, 0.3) is 0 Å². The summed E-state index contributed by atoms with van der Waals surface area (Å²) >= 11 is 0. The Balaban J connectivity index is 3.45. The van der Waals surface area contributed by atoms with Gasteiger partial charge >= 0.3 is 0 Å². The molecule has 0 atom stereocenters. The first-order valence-electron chi connectivity index (χ1n) is 2.83. The van der Waals surface area contributed by atoms with Crippen LogP contribution in [0.4, 0.5) is 0 Å². The number of hydrogen-bond acceptors (Lipinski definition) is 1. The summed E-state index contributed by atoms with van der Waals surface area (Å²) in [7, 11) is 0. The molecule has 0 aromatic carbocycles. The normalized spacial score (nSPS) is 10.9. The highest BCUT2D eigenvalue weighted by Crippen LogP contribution is 1.97. The molecule has 0 aromatic rings. The van der Waals surface area contributed by atoms with Crippen molar-refractivity contribution >= 4 is 0 Å². The van der Waals surface area contributed by atoms with E-state index in [9.17, 15) is 0 Å². The molecule has 0 spiro atoms. The van der Waals surface area contributed by atoms with Crippen molar-refractivity contribution in [1.82, 2.24) is 0 Å². The maximum absolute atomic E-state index is 8.12. The van der Waals surface area contributed by atoms with Gasteiger partial charge in [0.2, 0.25) is 0 Å². The Morgan fingerprint density at radius 2 is 2.38 bits per heavy atom. The van der Waals surface area contributed by atoms with Crippen LogP contribution in [-0.4, -0.2) is 0 Å². The molecule has 0 saturated heterocycles. The molecule has 0 bridgehead atoms. The van der Waals surface area contributed by atoms with E-state index in [1.807, 2.05) is 13.0 Å². The second kappa shape index (κ2) is 4.39. The van der Waals surface area contributed by atoms with Crippen LogP contribution in [-0.2, 0) is 0 Å². The number of nitriles is 1. The van der Waals surface area contributed by atoms with Crippen molar-refractivity contribution in [3.05, 3.63) is 11.6 Å². The first-order valence-corrected chi connectivity index (χ1v) is 2.83. The maximum Gasteiger partial charge on any atom is 0.0663 e. The summed E-state index contributed by atoms with van der Waals surface area (Å²) in [4.78, 5) is 0. The predicted octanol–water partition coefficient (Wildman–Crippen LogP) is 2.26. The predicted molar refractivity (Wildman–Crippen MR) is 34.3 cm³/mol. The van der Waals surface area contributed by atoms with Gasteiger partial charge in [0, 0.05) is 0 Å². The van der Waals surface area contributed by atoms with Gasteiger partial charge in [0.1, 0.15) is 0 Å². The molecule has 1 heteroatoms. The highest BCUT2D eigenvalue weighted by molar-refractivity contribution is 5.00. The fourth-order valence-corrected chi connectivity index (χ4v) is 0.364. The van der Waals surface area contributed by atoms with Crippen molar-refractivity contribution in [3.63, 3.8) is 0 Å². The molecule has 0 rings (SSSR count). The second-order valence-electron chi connectivity index (χ2n) is 1.77. The standard InChI is InChI=1S/C7H11N/c1-3-7(2)5-4-6-8/h5H,3-4H2,1-2H3/b7-5+. The summed E-state index contributed by atoms with van der Waals surface area (Å²) in [5.74, 6) is 0. The fraction of sp³-hybridized carbons (Fsp3) is 0.571. The van der Waals surface area contributed by atoms with Crippen molar-refractivity contribution in [3.8, 4) is 6.07 Å². The van der Waals surface area contributed by atoms with Gasteiger partial charge in [-0.25, -0.2) is 0 Å². The number of rotatable bonds is 2. The molecule has 0 aliphatic carbocycles. The molecule has 0 unspecified atom stereocenters. The fourth-order valence-electron chi connectivity index (χ4n) is 0.364. The van der Waals surface area contributed by atoms with Crippen LogP contribution >= 0.6 is 0 Å². The molecule has 1 nitrogen and oxygen atoms in total. The quantitative estimate of drug-likeness (QED) is 0.499. The molecular formula is C7H11N. The third-order valence-electron chi connectivity index (χ3n) is 1.10. The Labute approximate surface area is 50.6 Å². The minimum Gasteiger partial charge on any atom is -0.198 e. The van der Waals surface area contributed by atoms with Gasteiger partial charge in [-0.3, -0.25) is 0 Å². The summed E-state index contributed by atoms with van der Waals surface area (Å²) in [6.45, 7) is 4.13. The smallest absolute Gasteiger partial charge is 0.0663 e. The molecule has 0 fully saturated rings. The van der Waals surface area contributed by atoms with Crippen LogP contribution < -0.4 is 0 Å². The van der Waals surface area contributed by atoms with Gasteiger partial charge in [0.05, 0.1) is 12.5 Å². The largest absolute Gasteiger partial charge is 0.198 e. The molecule has 0 amide bonds. The Morgan fingerprint density at radius 3 is 2.75 bits per heavy atom. The number of nitrogens with zero attached hydrogens (tertiary/aromatic N) is 1. The van der Waals surface area contributed by atoms with E-state index in [2.05, 4.69) is 13.0 Å². The lowest BCUT2D eigenvalue weighted by molar-refractivity contribution is 1.08. The topological polar surface area (TPSA) is 23.8 Å². The zero-order valence-corrected chi connectivity index (χ0v) is 5.44. The van der Waals surface area contributed by atoms with Crippen molar-refractivity contribution in [2.75, 3.05) is 0 Å². The minimum absolute atomic E-state index is 0.555. The lowest BCUT2D eigenvalue weighted by Gasteiger charge is -1.87. The third-order valence-corrected chi connectivity index (χ3v) is 1.10. The molecule has 44 valence electrons. The SMILES string of the molecule is CC/C(C)=C/CC#N. The minimum atomic E-state index is 0.555. The van der Waals surface area contributed by atoms with E-state index in [0.29, 0.717) is 6.42 Å². The molecule has 0 heterocycles. The van der Waals surface area contributed by atoms with E-state index in [-0.39, 0.29) is 0 Å². The van der Waals surface area contributed by atoms with E-state index in [4.69, 9.17) is 5.26 Å². The van der Waals surface area contributed by atoms with Crippen molar-refractivity contribution in [2.24, 2.45) is 0 Å². The van der Waals surface area contributed by atoms with Gasteiger partial charge in [-0.05, 0) is 13.3 Å². The average molecular weight is 109 g/mol. The first kappa shape index (κ1) is 7.23. The molecule has 8 heavy (non-hydrogen) atoms. The van der Waals surface area contributed by atoms with Gasteiger partial charge in [0.25, 0.3) is 0 Å². The summed E-state index contributed by atoms with van der Waals surface area (Å²) in [6, 6.07) is 2.06. The van der Waals surface area contributed by atoms with Crippen LogP contribution in [0.5, 0.6) is 0 Å². The first-order chi connectivity index (χ1) is 3.81. The molecule has 0 aliphatic heterocycles. The summed E-state index contributed by atoms with van der Waals surface area (Å²) in [5.41, 5.74) is 1.30. The third kappa shape index (κ3) is 3.42. The van der Waals surface area contributed by atoms with Gasteiger partial charge < -0.3 is 0 Å². The molecule has 0 aliphatic rings. The van der Waals surface area contributed by atoms with Crippen LogP contribution in [0.1, 0.15) is 26.7 Å². The van der Waals surface area contributed by atoms with Crippen molar-refractivity contribution < 1.29 is 0 Å². The molecule has 0 N–H and O–H groups in total. The van der Waals surface area contributed by atoms with Crippen LogP contribution in [0.3, 0.4) is 0 Å². The molecular weight excluding hydrogens is 98.1 g/mol. The van der Waals surface area contributed by atoms with Gasteiger partial charge in [0.15, 0.2) is 0 Å². The number of allylic oxidation sites excluding steroid dienone is 2. The van der Waals surface area contributed by atoms with E-state index in [1.165, 1.54) is 5.57 Å². The molecule has 0 aromatic heterocycles. The Hall–Kier alpha value is -0.770. The lowest BCUT2D eigenvalue weighted by atomic mass is 10.2.